The van der Waals surface area contributed by atoms with Crippen molar-refractivity contribution in [2.45, 2.75) is 50.7 Å². The van der Waals surface area contributed by atoms with Gasteiger partial charge in [0.25, 0.3) is 0 Å². The summed E-state index contributed by atoms with van der Waals surface area (Å²) in [6.07, 6.45) is 9.17. The van der Waals surface area contributed by atoms with Gasteiger partial charge in [0, 0.05) is 0 Å². The zero-order valence-corrected chi connectivity index (χ0v) is 8.82. The summed E-state index contributed by atoms with van der Waals surface area (Å²) in [6.45, 7) is 2.41. The van der Waals surface area contributed by atoms with Crippen LogP contribution in [0, 0.1) is 11.3 Å². The largest absolute Gasteiger partial charge is 0.0992 e. The third-order valence-corrected chi connectivity index (χ3v) is 4.34. The Morgan fingerprint density at radius 3 is 2.17 bits per heavy atom. The van der Waals surface area contributed by atoms with Gasteiger partial charge in [0.2, 0.25) is 0 Å². The second-order valence-electron chi connectivity index (χ2n) is 6.16. The lowest BCUT2D eigenvalue weighted by atomic mass is 9.48. The van der Waals surface area contributed by atoms with E-state index < -0.39 is 0 Å². The van der Waals surface area contributed by atoms with Crippen molar-refractivity contribution in [1.29, 1.82) is 0 Å². The monoisotopic (exact) mass is 162 g/mol. The number of hydrogen-bond donors (Lipinski definition) is 0. The second-order valence-corrected chi connectivity index (χ2v) is 6.16. The summed E-state index contributed by atoms with van der Waals surface area (Å²) in [5.74, 6) is 1.01. The Morgan fingerprint density at radius 2 is 1.92 bits per heavy atom. The van der Waals surface area contributed by atoms with Crippen LogP contribution in [0.2, 0.25) is 5.21 Å². The van der Waals surface area contributed by atoms with Gasteiger partial charge in [-0.1, -0.05) is 25.0 Å². The average Bonchev–Trinajstić information content (AvgIpc) is 2.26. The van der Waals surface area contributed by atoms with Crippen LogP contribution in [0.5, 0.6) is 0 Å². The zero-order valence-electron chi connectivity index (χ0n) is 8.82. The molecule has 0 aromatic carbocycles. The van der Waals surface area contributed by atoms with Crippen LogP contribution in [0.4, 0.5) is 0 Å². The fourth-order valence-corrected chi connectivity index (χ4v) is 3.08. The first-order chi connectivity index (χ1) is 5.52. The first-order valence-corrected chi connectivity index (χ1v) is 5.52. The van der Waals surface area contributed by atoms with Crippen LogP contribution in [0.3, 0.4) is 0 Å². The fraction of sp³-hybridized carbons (Fsp3) is 1.00. The maximum atomic E-state index is 2.41. The molecule has 2 heteroatoms. The highest BCUT2D eigenvalue weighted by atomic mass is 14.5. The van der Waals surface area contributed by atoms with Crippen molar-refractivity contribution in [2.75, 3.05) is 0 Å². The molecule has 12 heavy (non-hydrogen) atoms. The molecule has 0 bridgehead atoms. The Bertz CT molecular complexity index is 177. The molecule has 1 unspecified atom stereocenters. The van der Waals surface area contributed by atoms with Crippen molar-refractivity contribution < 1.29 is 0 Å². The molecule has 2 rings (SSSR count). The van der Waals surface area contributed by atoms with Crippen LogP contribution >= 0.6 is 0 Å². The summed E-state index contributed by atoms with van der Waals surface area (Å²) < 4.78 is 0. The van der Waals surface area contributed by atoms with E-state index in [4.69, 9.17) is 0 Å². The molecule has 0 aromatic rings. The molecule has 0 N–H and O–H groups in total. The van der Waals surface area contributed by atoms with Crippen LogP contribution in [0.1, 0.15) is 45.4 Å². The van der Waals surface area contributed by atoms with Gasteiger partial charge in [0.1, 0.15) is 0 Å². The summed E-state index contributed by atoms with van der Waals surface area (Å²) in [5.41, 5.74) is 0.845. The van der Waals surface area contributed by atoms with E-state index in [1.807, 2.05) is 0 Å². The van der Waals surface area contributed by atoms with Crippen LogP contribution in [-0.2, 0) is 0 Å². The summed E-state index contributed by atoms with van der Waals surface area (Å²) >= 11 is 0. The first kappa shape index (κ1) is 8.72. The quantitative estimate of drug-likeness (QED) is 0.510. The van der Waals surface area contributed by atoms with Crippen molar-refractivity contribution in [3.05, 3.63) is 0 Å². The highest BCUT2D eigenvalue weighted by molar-refractivity contribution is 6.39. The molecule has 1 atom stereocenters. The fourth-order valence-electron chi connectivity index (χ4n) is 3.08. The molecule has 0 radical (unpaired) electrons. The van der Waals surface area contributed by atoms with E-state index in [0.29, 0.717) is 5.21 Å². The van der Waals surface area contributed by atoms with Crippen molar-refractivity contribution in [2.24, 2.45) is 11.3 Å². The highest BCUT2D eigenvalue weighted by Gasteiger charge is 2.45. The molecule has 2 fully saturated rings. The lowest BCUT2D eigenvalue weighted by Crippen LogP contribution is -2.28. The highest BCUT2D eigenvalue weighted by Crippen LogP contribution is 2.58. The standard InChI is InChI=1S/C10H20B2/c1-9(11,12)8-3-6-10(7-8)4-2-5-10/h8H,2-7,11-12H2,1H3. The zero-order chi connectivity index (χ0) is 8.82. The average molecular weight is 162 g/mol. The molecule has 1 spiro atoms. The van der Waals surface area contributed by atoms with Gasteiger partial charge in [-0.2, -0.15) is 0 Å². The predicted molar refractivity (Wildman–Crippen MR) is 59.1 cm³/mol. The maximum absolute atomic E-state index is 2.41. The van der Waals surface area contributed by atoms with Crippen LogP contribution < -0.4 is 0 Å². The third-order valence-electron chi connectivity index (χ3n) is 4.34. The van der Waals surface area contributed by atoms with Gasteiger partial charge in [0.15, 0.2) is 0 Å². The lowest BCUT2D eigenvalue weighted by molar-refractivity contribution is 0.135. The van der Waals surface area contributed by atoms with E-state index in [1.54, 1.807) is 12.8 Å². The van der Waals surface area contributed by atoms with E-state index in [0.717, 1.165) is 11.3 Å². The summed E-state index contributed by atoms with van der Waals surface area (Å²) in [7, 11) is 4.82. The first-order valence-electron chi connectivity index (χ1n) is 5.52. The predicted octanol–water partition coefficient (Wildman–Crippen LogP) is 1.36. The SMILES string of the molecule is BC(B)(C)C1CCC2(CCC2)C1. The van der Waals surface area contributed by atoms with Crippen LogP contribution in [-0.4, -0.2) is 15.7 Å². The van der Waals surface area contributed by atoms with Gasteiger partial charge in [-0.05, 0) is 37.0 Å². The van der Waals surface area contributed by atoms with Crippen LogP contribution in [0.25, 0.3) is 0 Å². The van der Waals surface area contributed by atoms with Gasteiger partial charge in [-0.15, -0.1) is 0 Å². The van der Waals surface area contributed by atoms with E-state index in [-0.39, 0.29) is 0 Å². The lowest BCUT2D eigenvalue weighted by Gasteiger charge is -2.40. The Labute approximate surface area is 78.3 Å². The van der Waals surface area contributed by atoms with E-state index >= 15 is 0 Å². The molecule has 0 aromatic heterocycles. The van der Waals surface area contributed by atoms with Gasteiger partial charge in [0.05, 0.1) is 15.7 Å². The minimum absolute atomic E-state index is 0.569. The molecule has 0 amide bonds. The summed E-state index contributed by atoms with van der Waals surface area (Å²) in [4.78, 5) is 0. The molecule has 0 heterocycles. The maximum Gasteiger partial charge on any atom is 0.0992 e. The third kappa shape index (κ3) is 1.34. The van der Waals surface area contributed by atoms with Crippen molar-refractivity contribution in [1.82, 2.24) is 0 Å². The van der Waals surface area contributed by atoms with E-state index in [9.17, 15) is 0 Å². The molecule has 0 saturated heterocycles. The molecular formula is C10H20B2. The summed E-state index contributed by atoms with van der Waals surface area (Å²) in [5, 5.41) is 0.569. The molecule has 0 nitrogen and oxygen atoms in total. The van der Waals surface area contributed by atoms with Gasteiger partial charge >= 0.3 is 0 Å². The van der Waals surface area contributed by atoms with E-state index in [2.05, 4.69) is 22.6 Å². The van der Waals surface area contributed by atoms with Gasteiger partial charge < -0.3 is 0 Å². The Morgan fingerprint density at radius 1 is 1.25 bits per heavy atom. The van der Waals surface area contributed by atoms with Gasteiger partial charge in [-0.25, -0.2) is 0 Å². The molecule has 2 saturated carbocycles. The Kier molecular flexibility index (Phi) is 1.86. The topological polar surface area (TPSA) is 0 Å². The molecule has 2 aliphatic rings. The minimum Gasteiger partial charge on any atom is -0.0845 e. The van der Waals surface area contributed by atoms with E-state index in [1.165, 1.54) is 25.7 Å². The smallest absolute Gasteiger partial charge is 0.0845 e. The minimum atomic E-state index is 0.569. The molecule has 2 aliphatic carbocycles. The number of hydrogen-bond acceptors (Lipinski definition) is 0. The van der Waals surface area contributed by atoms with Crippen molar-refractivity contribution >= 4 is 15.7 Å². The van der Waals surface area contributed by atoms with Gasteiger partial charge in [-0.3, -0.25) is 0 Å². The Balaban J connectivity index is 1.98. The Hall–Kier alpha value is 0.130. The van der Waals surface area contributed by atoms with Crippen molar-refractivity contribution in [3.63, 3.8) is 0 Å². The second kappa shape index (κ2) is 2.56. The molecule has 66 valence electrons. The molecular weight excluding hydrogens is 142 g/mol. The van der Waals surface area contributed by atoms with Crippen molar-refractivity contribution in [3.8, 4) is 0 Å². The summed E-state index contributed by atoms with van der Waals surface area (Å²) in [6, 6.07) is 0. The number of rotatable bonds is 1. The normalized spacial score (nSPS) is 33.6. The molecule has 0 aliphatic heterocycles. The van der Waals surface area contributed by atoms with Crippen LogP contribution in [0.15, 0.2) is 0 Å².